The summed E-state index contributed by atoms with van der Waals surface area (Å²) in [4.78, 5) is 10.9. The standard InChI is InChI=1S/C20H25F3O3/c21-20(22,23)19(26)10-4-9-18(25)16-7-3-5-14(13-16)11-12-15-6-1-2-8-17(15)24/h3,5,7,11-13,15,17-18,24-25H,1-2,4,6,8-10H2/b12-11+. The van der Waals surface area contributed by atoms with Gasteiger partial charge in [0.2, 0.25) is 5.78 Å². The number of carbonyl (C=O) groups excluding carboxylic acids is 1. The van der Waals surface area contributed by atoms with Crippen LogP contribution in [-0.2, 0) is 4.79 Å². The van der Waals surface area contributed by atoms with Gasteiger partial charge in [-0.3, -0.25) is 4.79 Å². The van der Waals surface area contributed by atoms with Crippen molar-refractivity contribution in [1.82, 2.24) is 0 Å². The third-order valence-corrected chi connectivity index (χ3v) is 4.81. The molecule has 0 aromatic heterocycles. The summed E-state index contributed by atoms with van der Waals surface area (Å²) in [7, 11) is 0. The van der Waals surface area contributed by atoms with E-state index in [9.17, 15) is 28.2 Å². The third kappa shape index (κ3) is 6.25. The number of aliphatic hydroxyl groups is 2. The summed E-state index contributed by atoms with van der Waals surface area (Å²) < 4.78 is 36.5. The van der Waals surface area contributed by atoms with Gasteiger partial charge in [-0.05, 0) is 42.9 Å². The Labute approximate surface area is 151 Å². The molecular weight excluding hydrogens is 345 g/mol. The molecular formula is C20H25F3O3. The van der Waals surface area contributed by atoms with Crippen LogP contribution >= 0.6 is 0 Å². The molecule has 144 valence electrons. The zero-order valence-corrected chi connectivity index (χ0v) is 14.6. The van der Waals surface area contributed by atoms with Gasteiger partial charge in [0.25, 0.3) is 0 Å². The van der Waals surface area contributed by atoms with Gasteiger partial charge < -0.3 is 10.2 Å². The predicted octanol–water partition coefficient (Wildman–Crippen LogP) is 4.59. The molecule has 0 radical (unpaired) electrons. The lowest BCUT2D eigenvalue weighted by molar-refractivity contribution is -0.171. The molecule has 1 aromatic carbocycles. The molecule has 1 aliphatic carbocycles. The second kappa shape index (κ2) is 9.33. The molecule has 0 amide bonds. The molecule has 1 fully saturated rings. The molecule has 1 saturated carbocycles. The van der Waals surface area contributed by atoms with Crippen molar-refractivity contribution in [2.45, 2.75) is 63.3 Å². The van der Waals surface area contributed by atoms with Crippen LogP contribution in [-0.4, -0.2) is 28.3 Å². The van der Waals surface area contributed by atoms with Crippen molar-refractivity contribution in [3.63, 3.8) is 0 Å². The van der Waals surface area contributed by atoms with Crippen LogP contribution in [0.1, 0.15) is 62.2 Å². The first-order valence-corrected chi connectivity index (χ1v) is 9.01. The number of ketones is 1. The number of hydrogen-bond acceptors (Lipinski definition) is 3. The Morgan fingerprint density at radius 3 is 2.69 bits per heavy atom. The van der Waals surface area contributed by atoms with Gasteiger partial charge in [0.1, 0.15) is 0 Å². The molecule has 2 N–H and O–H groups in total. The maximum atomic E-state index is 12.2. The van der Waals surface area contributed by atoms with Crippen LogP contribution in [0.15, 0.2) is 30.3 Å². The van der Waals surface area contributed by atoms with Crippen molar-refractivity contribution >= 4 is 11.9 Å². The number of carbonyl (C=O) groups is 1. The minimum Gasteiger partial charge on any atom is -0.393 e. The predicted molar refractivity (Wildman–Crippen MR) is 93.3 cm³/mol. The van der Waals surface area contributed by atoms with E-state index in [1.54, 1.807) is 18.2 Å². The van der Waals surface area contributed by atoms with Crippen LogP contribution in [0.3, 0.4) is 0 Å². The number of rotatable bonds is 7. The SMILES string of the molecule is O=C(CCCC(O)c1cccc(/C=C/C2CCCCC2O)c1)C(F)(F)F. The molecule has 6 heteroatoms. The number of alkyl halides is 3. The van der Waals surface area contributed by atoms with Gasteiger partial charge >= 0.3 is 6.18 Å². The van der Waals surface area contributed by atoms with Crippen LogP contribution in [0.5, 0.6) is 0 Å². The van der Waals surface area contributed by atoms with Crippen molar-refractivity contribution in [1.29, 1.82) is 0 Å². The van der Waals surface area contributed by atoms with Crippen LogP contribution in [0, 0.1) is 5.92 Å². The van der Waals surface area contributed by atoms with Crippen LogP contribution in [0.4, 0.5) is 13.2 Å². The molecule has 1 aliphatic rings. The van der Waals surface area contributed by atoms with Gasteiger partial charge in [-0.1, -0.05) is 43.2 Å². The highest BCUT2D eigenvalue weighted by Gasteiger charge is 2.37. The van der Waals surface area contributed by atoms with Crippen LogP contribution in [0.25, 0.3) is 6.08 Å². The summed E-state index contributed by atoms with van der Waals surface area (Å²) in [5.74, 6) is -1.63. The molecule has 0 saturated heterocycles. The normalized spacial score (nSPS) is 22.5. The highest BCUT2D eigenvalue weighted by molar-refractivity contribution is 5.83. The number of Topliss-reactive ketones (excluding diaryl/α,β-unsaturated/α-hetero) is 1. The first-order chi connectivity index (χ1) is 12.3. The fraction of sp³-hybridized carbons (Fsp3) is 0.550. The summed E-state index contributed by atoms with van der Waals surface area (Å²) in [5, 5.41) is 20.2. The van der Waals surface area contributed by atoms with Crippen molar-refractivity contribution in [2.75, 3.05) is 0 Å². The Hall–Kier alpha value is -1.66. The molecule has 2 rings (SSSR count). The highest BCUT2D eigenvalue weighted by Crippen LogP contribution is 2.27. The Bertz CT molecular complexity index is 625. The fourth-order valence-electron chi connectivity index (χ4n) is 3.23. The van der Waals surface area contributed by atoms with Gasteiger partial charge in [-0.25, -0.2) is 0 Å². The average molecular weight is 370 g/mol. The van der Waals surface area contributed by atoms with Gasteiger partial charge in [-0.2, -0.15) is 13.2 Å². The minimum absolute atomic E-state index is 0.0200. The highest BCUT2D eigenvalue weighted by atomic mass is 19.4. The van der Waals surface area contributed by atoms with E-state index >= 15 is 0 Å². The van der Waals surface area contributed by atoms with E-state index in [1.165, 1.54) is 0 Å². The second-order valence-electron chi connectivity index (χ2n) is 6.87. The molecule has 3 unspecified atom stereocenters. The molecule has 0 spiro atoms. The van der Waals surface area contributed by atoms with Crippen LogP contribution < -0.4 is 0 Å². The monoisotopic (exact) mass is 370 g/mol. The quantitative estimate of drug-likeness (QED) is 0.738. The molecule has 0 bridgehead atoms. The number of benzene rings is 1. The molecule has 26 heavy (non-hydrogen) atoms. The third-order valence-electron chi connectivity index (χ3n) is 4.81. The number of aliphatic hydroxyl groups excluding tert-OH is 2. The summed E-state index contributed by atoms with van der Waals surface area (Å²) >= 11 is 0. The molecule has 0 heterocycles. The van der Waals surface area contributed by atoms with Crippen molar-refractivity contribution in [2.24, 2.45) is 5.92 Å². The van der Waals surface area contributed by atoms with E-state index in [-0.39, 0.29) is 24.9 Å². The lowest BCUT2D eigenvalue weighted by atomic mass is 9.86. The fourth-order valence-corrected chi connectivity index (χ4v) is 3.23. The second-order valence-corrected chi connectivity index (χ2v) is 6.87. The Morgan fingerprint density at radius 2 is 2.00 bits per heavy atom. The van der Waals surface area contributed by atoms with E-state index in [2.05, 4.69) is 0 Å². The molecule has 1 aromatic rings. The molecule has 3 atom stereocenters. The Balaban J connectivity index is 1.90. The van der Waals surface area contributed by atoms with Crippen LogP contribution in [0.2, 0.25) is 0 Å². The Morgan fingerprint density at radius 1 is 1.27 bits per heavy atom. The number of hydrogen-bond donors (Lipinski definition) is 2. The van der Waals surface area contributed by atoms with Crippen molar-refractivity contribution in [3.8, 4) is 0 Å². The summed E-state index contributed by atoms with van der Waals surface area (Å²) in [5.41, 5.74) is 1.47. The smallest absolute Gasteiger partial charge is 0.393 e. The topological polar surface area (TPSA) is 57.5 Å². The van der Waals surface area contributed by atoms with Gasteiger partial charge in [0.15, 0.2) is 0 Å². The maximum Gasteiger partial charge on any atom is 0.449 e. The minimum atomic E-state index is -4.81. The lowest BCUT2D eigenvalue weighted by Crippen LogP contribution is -2.22. The van der Waals surface area contributed by atoms with E-state index < -0.39 is 24.5 Å². The first kappa shape index (κ1) is 20.6. The zero-order chi connectivity index (χ0) is 19.2. The Kier molecular flexibility index (Phi) is 7.41. The van der Waals surface area contributed by atoms with Gasteiger partial charge in [-0.15, -0.1) is 0 Å². The summed E-state index contributed by atoms with van der Waals surface area (Å²) in [6.45, 7) is 0. The first-order valence-electron chi connectivity index (χ1n) is 9.01. The molecule has 3 nitrogen and oxygen atoms in total. The zero-order valence-electron chi connectivity index (χ0n) is 14.6. The van der Waals surface area contributed by atoms with Gasteiger partial charge in [0.05, 0.1) is 12.2 Å². The molecule has 0 aliphatic heterocycles. The van der Waals surface area contributed by atoms with Crippen molar-refractivity contribution < 1.29 is 28.2 Å². The van der Waals surface area contributed by atoms with Crippen molar-refractivity contribution in [3.05, 3.63) is 41.5 Å². The van der Waals surface area contributed by atoms with E-state index in [0.29, 0.717) is 5.56 Å². The maximum absolute atomic E-state index is 12.2. The van der Waals surface area contributed by atoms with E-state index in [0.717, 1.165) is 31.2 Å². The summed E-state index contributed by atoms with van der Waals surface area (Å²) in [6, 6.07) is 7.14. The van der Waals surface area contributed by atoms with E-state index in [1.807, 2.05) is 18.2 Å². The summed E-state index contributed by atoms with van der Waals surface area (Å²) in [6.07, 6.45) is 1.22. The van der Waals surface area contributed by atoms with E-state index in [4.69, 9.17) is 0 Å². The number of halogens is 3. The van der Waals surface area contributed by atoms with Gasteiger partial charge in [0, 0.05) is 12.3 Å². The average Bonchev–Trinajstić information content (AvgIpc) is 2.60. The largest absolute Gasteiger partial charge is 0.449 e. The lowest BCUT2D eigenvalue weighted by Gasteiger charge is -2.24.